The third-order valence-corrected chi connectivity index (χ3v) is 4.08. The van der Waals surface area contributed by atoms with Crippen molar-refractivity contribution in [2.45, 2.75) is 58.8 Å². The molecular weight excluding hydrogens is 284 g/mol. The van der Waals surface area contributed by atoms with Crippen molar-refractivity contribution in [3.63, 3.8) is 0 Å². The average molecular weight is 307 g/mol. The van der Waals surface area contributed by atoms with Gasteiger partial charge in [-0.05, 0) is 0 Å². The molecule has 0 aromatic rings. The van der Waals surface area contributed by atoms with Gasteiger partial charge in [0.2, 0.25) is 0 Å². The van der Waals surface area contributed by atoms with Gasteiger partial charge >= 0.3 is 134 Å². The molecule has 0 saturated carbocycles. The molecule has 3 heteroatoms. The first-order chi connectivity index (χ1) is 9.22. The zero-order valence-electron chi connectivity index (χ0n) is 13.0. The first kappa shape index (κ1) is 15.8. The van der Waals surface area contributed by atoms with Gasteiger partial charge in [-0.2, -0.15) is 0 Å². The average Bonchev–Trinajstić information content (AvgIpc) is 2.68. The summed E-state index contributed by atoms with van der Waals surface area (Å²) < 4.78 is 13.9. The Balaban J connectivity index is 2.33. The molecule has 107 valence electrons. The summed E-state index contributed by atoms with van der Waals surface area (Å²) in [6.45, 7) is 10.4. The zero-order valence-corrected chi connectivity index (χ0v) is 14.6. The minimum absolute atomic E-state index is 0.259. The third-order valence-electron chi connectivity index (χ3n) is 3.37. The molecule has 0 bridgehead atoms. The van der Waals surface area contributed by atoms with Gasteiger partial charge in [0.1, 0.15) is 0 Å². The molecule has 0 heterocycles. The molecule has 0 fully saturated rings. The SMILES string of the molecule is CC1=CCC(OC2=[C]([Ti])CC=C2)(OC(C)(C)C)C(C)=C1. The van der Waals surface area contributed by atoms with Gasteiger partial charge in [0.25, 0.3) is 0 Å². The van der Waals surface area contributed by atoms with Crippen LogP contribution in [0.3, 0.4) is 0 Å². The fourth-order valence-corrected chi connectivity index (χ4v) is 2.88. The number of ether oxygens (including phenoxy) is 2. The predicted molar refractivity (Wildman–Crippen MR) is 77.6 cm³/mol. The van der Waals surface area contributed by atoms with Crippen LogP contribution in [0.2, 0.25) is 0 Å². The topological polar surface area (TPSA) is 18.5 Å². The van der Waals surface area contributed by atoms with E-state index in [1.54, 1.807) is 0 Å². The van der Waals surface area contributed by atoms with E-state index in [0.29, 0.717) is 0 Å². The molecule has 1 atom stereocenters. The van der Waals surface area contributed by atoms with Crippen molar-refractivity contribution >= 4 is 0 Å². The Bertz CT molecular complexity index is 518. The maximum absolute atomic E-state index is 6.35. The summed E-state index contributed by atoms with van der Waals surface area (Å²) in [5.41, 5.74) is 2.14. The summed E-state index contributed by atoms with van der Waals surface area (Å²) in [7, 11) is 0. The third kappa shape index (κ3) is 3.55. The van der Waals surface area contributed by atoms with Gasteiger partial charge < -0.3 is 0 Å². The van der Waals surface area contributed by atoms with Gasteiger partial charge in [-0.3, -0.25) is 0 Å². The molecule has 0 saturated heterocycles. The maximum atomic E-state index is 6.35. The molecule has 0 aromatic heterocycles. The van der Waals surface area contributed by atoms with Gasteiger partial charge in [-0.1, -0.05) is 0 Å². The molecule has 2 rings (SSSR count). The zero-order chi connectivity index (χ0) is 15.0. The normalized spacial score (nSPS) is 26.6. The Kier molecular flexibility index (Phi) is 4.48. The van der Waals surface area contributed by atoms with Crippen LogP contribution in [0.25, 0.3) is 0 Å². The number of allylic oxidation sites excluding steroid dienone is 5. The second-order valence-corrected chi connectivity index (χ2v) is 7.44. The molecule has 2 nitrogen and oxygen atoms in total. The van der Waals surface area contributed by atoms with Gasteiger partial charge in [0, 0.05) is 0 Å². The van der Waals surface area contributed by atoms with Crippen LogP contribution in [-0.2, 0) is 29.9 Å². The van der Waals surface area contributed by atoms with Crippen molar-refractivity contribution in [1.82, 2.24) is 0 Å². The van der Waals surface area contributed by atoms with Crippen molar-refractivity contribution in [2.75, 3.05) is 0 Å². The van der Waals surface area contributed by atoms with Gasteiger partial charge in [0.15, 0.2) is 0 Å². The van der Waals surface area contributed by atoms with Crippen LogP contribution in [0.1, 0.15) is 47.5 Å². The van der Waals surface area contributed by atoms with E-state index in [-0.39, 0.29) is 5.60 Å². The Morgan fingerprint density at radius 2 is 1.95 bits per heavy atom. The van der Waals surface area contributed by atoms with Crippen LogP contribution in [0.4, 0.5) is 0 Å². The summed E-state index contributed by atoms with van der Waals surface area (Å²) in [4.78, 5) is 0. The monoisotopic (exact) mass is 307 g/mol. The fourth-order valence-electron chi connectivity index (χ4n) is 2.48. The molecule has 0 aliphatic heterocycles. The van der Waals surface area contributed by atoms with Crippen molar-refractivity contribution in [1.29, 1.82) is 0 Å². The quantitative estimate of drug-likeness (QED) is 0.563. The van der Waals surface area contributed by atoms with E-state index in [2.05, 4.69) is 79.4 Å². The van der Waals surface area contributed by atoms with E-state index < -0.39 is 5.79 Å². The standard InChI is InChI=1S/C17H23O2.Ti/c1-13-10-11-17(14(2)12-13,19-16(3,4)5)18-15-8-6-7-9-15;/h6,8,10,12H,7,11H2,1-5H3;. The van der Waals surface area contributed by atoms with E-state index in [0.717, 1.165) is 24.2 Å². The number of rotatable bonds is 3. The summed E-state index contributed by atoms with van der Waals surface area (Å²) in [6.07, 6.45) is 10.3. The van der Waals surface area contributed by atoms with E-state index in [4.69, 9.17) is 9.47 Å². The van der Waals surface area contributed by atoms with E-state index in [1.165, 1.54) is 9.45 Å². The number of hydrogen-bond acceptors (Lipinski definition) is 2. The molecule has 1 unspecified atom stereocenters. The van der Waals surface area contributed by atoms with Crippen LogP contribution < -0.4 is 0 Å². The Morgan fingerprint density at radius 3 is 2.45 bits per heavy atom. The molecule has 20 heavy (non-hydrogen) atoms. The summed E-state index contributed by atoms with van der Waals surface area (Å²) in [5.74, 6) is 0.276. The Labute approximate surface area is 134 Å². The minimum atomic E-state index is -0.678. The second kappa shape index (κ2) is 5.67. The van der Waals surface area contributed by atoms with Gasteiger partial charge in [-0.25, -0.2) is 0 Å². The molecular formula is C17H23O2Ti. The van der Waals surface area contributed by atoms with Crippen LogP contribution in [-0.4, -0.2) is 11.4 Å². The first-order valence-electron chi connectivity index (χ1n) is 7.08. The summed E-state index contributed by atoms with van der Waals surface area (Å²) in [6, 6.07) is 0. The fraction of sp³-hybridized carbons (Fsp3) is 0.529. The Hall–Kier alpha value is -0.566. The molecule has 2 aliphatic carbocycles. The van der Waals surface area contributed by atoms with Crippen LogP contribution in [0.5, 0.6) is 0 Å². The van der Waals surface area contributed by atoms with Gasteiger partial charge in [-0.15, -0.1) is 0 Å². The van der Waals surface area contributed by atoms with Gasteiger partial charge in [0.05, 0.1) is 0 Å². The van der Waals surface area contributed by atoms with Crippen LogP contribution in [0.15, 0.2) is 45.1 Å². The van der Waals surface area contributed by atoms with E-state index >= 15 is 0 Å². The summed E-state index contributed by atoms with van der Waals surface area (Å²) in [5, 5.41) is 0. The van der Waals surface area contributed by atoms with Crippen molar-refractivity contribution < 1.29 is 29.9 Å². The van der Waals surface area contributed by atoms with Crippen molar-refractivity contribution in [2.24, 2.45) is 0 Å². The van der Waals surface area contributed by atoms with Crippen molar-refractivity contribution in [3.05, 3.63) is 45.1 Å². The second-order valence-electron chi connectivity index (χ2n) is 6.50. The first-order valence-corrected chi connectivity index (χ1v) is 7.86. The van der Waals surface area contributed by atoms with Crippen LogP contribution >= 0.6 is 0 Å². The van der Waals surface area contributed by atoms with Crippen LogP contribution in [0, 0.1) is 0 Å². The van der Waals surface area contributed by atoms with E-state index in [1.807, 2.05) is 0 Å². The predicted octanol–water partition coefficient (Wildman–Crippen LogP) is 4.53. The summed E-state index contributed by atoms with van der Waals surface area (Å²) >= 11 is 2.11. The Morgan fingerprint density at radius 1 is 1.25 bits per heavy atom. The number of hydrogen-bond donors (Lipinski definition) is 0. The molecule has 0 amide bonds. The van der Waals surface area contributed by atoms with Crippen molar-refractivity contribution in [3.8, 4) is 0 Å². The molecule has 0 aromatic carbocycles. The molecule has 0 N–H and O–H groups in total. The molecule has 2 aliphatic rings. The van der Waals surface area contributed by atoms with E-state index in [9.17, 15) is 0 Å². The molecule has 0 spiro atoms. The molecule has 0 radical (unpaired) electrons.